The van der Waals surface area contributed by atoms with E-state index in [0.717, 1.165) is 0 Å². The quantitative estimate of drug-likeness (QED) is 0.811. The van der Waals surface area contributed by atoms with Crippen molar-refractivity contribution in [2.45, 2.75) is 6.92 Å². The molecule has 0 fully saturated rings. The van der Waals surface area contributed by atoms with Gasteiger partial charge in [-0.3, -0.25) is 4.79 Å². The molecule has 18 heavy (non-hydrogen) atoms. The van der Waals surface area contributed by atoms with E-state index in [-0.39, 0.29) is 11.3 Å². The zero-order valence-electron chi connectivity index (χ0n) is 9.28. The number of carboxylic acids is 1. The molecule has 0 aliphatic carbocycles. The molecule has 0 saturated carbocycles. The Labute approximate surface area is 110 Å². The van der Waals surface area contributed by atoms with E-state index in [1.54, 1.807) is 6.92 Å². The number of amides is 1. The summed E-state index contributed by atoms with van der Waals surface area (Å²) in [5.41, 5.74) is 1.04. The SMILES string of the molecule is Cc1[nH]cc(NC(=O)c2ccoc2Br)c1C(=O)O. The number of aromatic nitrogens is 1. The number of carboxylic acid groups (broad SMARTS) is 1. The number of nitrogens with one attached hydrogen (secondary N) is 2. The highest BCUT2D eigenvalue weighted by molar-refractivity contribution is 9.10. The van der Waals surface area contributed by atoms with Gasteiger partial charge in [-0.15, -0.1) is 0 Å². The van der Waals surface area contributed by atoms with Crippen molar-refractivity contribution >= 4 is 33.5 Å². The highest BCUT2D eigenvalue weighted by Crippen LogP contribution is 2.22. The predicted octanol–water partition coefficient (Wildman–Crippen LogP) is 2.63. The second-order valence-electron chi connectivity index (χ2n) is 3.57. The summed E-state index contributed by atoms with van der Waals surface area (Å²) in [6.07, 6.45) is 2.80. The van der Waals surface area contributed by atoms with Crippen molar-refractivity contribution in [3.63, 3.8) is 0 Å². The van der Waals surface area contributed by atoms with Crippen LogP contribution in [0.4, 0.5) is 5.69 Å². The summed E-state index contributed by atoms with van der Waals surface area (Å²) >= 11 is 3.08. The lowest BCUT2D eigenvalue weighted by Gasteiger charge is -2.03. The Morgan fingerprint density at radius 3 is 2.78 bits per heavy atom. The third-order valence-corrected chi connectivity index (χ3v) is 3.02. The normalized spacial score (nSPS) is 10.3. The minimum absolute atomic E-state index is 0.0444. The second-order valence-corrected chi connectivity index (χ2v) is 4.29. The lowest BCUT2D eigenvalue weighted by Crippen LogP contribution is -2.13. The van der Waals surface area contributed by atoms with E-state index < -0.39 is 11.9 Å². The Hall–Kier alpha value is -2.02. The van der Waals surface area contributed by atoms with Crippen molar-refractivity contribution in [1.82, 2.24) is 4.98 Å². The van der Waals surface area contributed by atoms with Crippen molar-refractivity contribution in [2.75, 3.05) is 5.32 Å². The van der Waals surface area contributed by atoms with Gasteiger partial charge in [0.15, 0.2) is 4.67 Å². The van der Waals surface area contributed by atoms with Crippen LogP contribution in [0.15, 0.2) is 27.6 Å². The van der Waals surface area contributed by atoms with Gasteiger partial charge in [-0.25, -0.2) is 4.79 Å². The Bertz CT molecular complexity index is 614. The van der Waals surface area contributed by atoms with Gasteiger partial charge >= 0.3 is 5.97 Å². The molecule has 0 aromatic carbocycles. The number of hydrogen-bond donors (Lipinski definition) is 3. The molecule has 0 aliphatic heterocycles. The van der Waals surface area contributed by atoms with Crippen LogP contribution < -0.4 is 5.32 Å². The first-order valence-electron chi connectivity index (χ1n) is 4.96. The highest BCUT2D eigenvalue weighted by Gasteiger charge is 2.19. The Morgan fingerprint density at radius 1 is 1.50 bits per heavy atom. The average molecular weight is 313 g/mol. The van der Waals surface area contributed by atoms with Gasteiger partial charge in [0.1, 0.15) is 5.56 Å². The van der Waals surface area contributed by atoms with E-state index >= 15 is 0 Å². The minimum Gasteiger partial charge on any atom is -0.478 e. The fourth-order valence-electron chi connectivity index (χ4n) is 1.55. The fraction of sp³-hybridized carbons (Fsp3) is 0.0909. The van der Waals surface area contributed by atoms with Crippen LogP contribution in [-0.2, 0) is 0 Å². The number of aromatic amines is 1. The standard InChI is InChI=1S/C11H9BrN2O4/c1-5-8(11(16)17)7(4-13-5)14-10(15)6-2-3-18-9(6)12/h2-4,13H,1H3,(H,14,15)(H,16,17). The molecule has 0 unspecified atom stereocenters. The molecule has 6 nitrogen and oxygen atoms in total. The molecule has 2 aromatic heterocycles. The van der Waals surface area contributed by atoms with Gasteiger partial charge in [0, 0.05) is 11.9 Å². The Morgan fingerprint density at radius 2 is 2.22 bits per heavy atom. The second kappa shape index (κ2) is 4.69. The van der Waals surface area contributed by atoms with Crippen molar-refractivity contribution in [3.8, 4) is 0 Å². The number of carbonyl (C=O) groups excluding carboxylic acids is 1. The first-order chi connectivity index (χ1) is 8.50. The van der Waals surface area contributed by atoms with E-state index in [1.807, 2.05) is 0 Å². The topological polar surface area (TPSA) is 95.3 Å². The van der Waals surface area contributed by atoms with E-state index in [4.69, 9.17) is 9.52 Å². The number of furan rings is 1. The van der Waals surface area contributed by atoms with Crippen LogP contribution in [0.25, 0.3) is 0 Å². The molecule has 1 amide bonds. The van der Waals surface area contributed by atoms with Crippen molar-refractivity contribution in [3.05, 3.63) is 40.0 Å². The van der Waals surface area contributed by atoms with Gasteiger partial charge in [0.2, 0.25) is 0 Å². The molecular weight excluding hydrogens is 304 g/mol. The lowest BCUT2D eigenvalue weighted by atomic mass is 10.2. The number of aryl methyl sites for hydroxylation is 1. The molecule has 0 spiro atoms. The number of hydrogen-bond acceptors (Lipinski definition) is 3. The van der Waals surface area contributed by atoms with Gasteiger partial charge in [-0.05, 0) is 28.9 Å². The third kappa shape index (κ3) is 2.17. The maximum absolute atomic E-state index is 11.9. The number of halogens is 1. The third-order valence-electron chi connectivity index (χ3n) is 2.40. The largest absolute Gasteiger partial charge is 0.478 e. The zero-order valence-corrected chi connectivity index (χ0v) is 10.9. The first-order valence-corrected chi connectivity index (χ1v) is 5.75. The summed E-state index contributed by atoms with van der Waals surface area (Å²) in [6.45, 7) is 1.62. The van der Waals surface area contributed by atoms with Crippen LogP contribution >= 0.6 is 15.9 Å². The maximum Gasteiger partial charge on any atom is 0.339 e. The summed E-state index contributed by atoms with van der Waals surface area (Å²) in [7, 11) is 0. The summed E-state index contributed by atoms with van der Waals surface area (Å²) in [5.74, 6) is -1.55. The Kier molecular flexibility index (Phi) is 3.24. The molecule has 2 aromatic rings. The molecule has 94 valence electrons. The van der Waals surface area contributed by atoms with Gasteiger partial charge in [-0.1, -0.05) is 0 Å². The van der Waals surface area contributed by atoms with Gasteiger partial charge in [0.05, 0.1) is 17.5 Å². The summed E-state index contributed by atoms with van der Waals surface area (Å²) in [4.78, 5) is 25.7. The average Bonchev–Trinajstić information content (AvgIpc) is 2.85. The molecule has 3 N–H and O–H groups in total. The minimum atomic E-state index is -1.10. The number of carbonyl (C=O) groups is 2. The summed E-state index contributed by atoms with van der Waals surface area (Å²) in [6, 6.07) is 1.49. The molecule has 2 heterocycles. The fourth-order valence-corrected chi connectivity index (χ4v) is 1.97. The smallest absolute Gasteiger partial charge is 0.339 e. The highest BCUT2D eigenvalue weighted by atomic mass is 79.9. The zero-order chi connectivity index (χ0) is 13.3. The monoisotopic (exact) mass is 312 g/mol. The molecule has 0 radical (unpaired) electrons. The predicted molar refractivity (Wildman–Crippen MR) is 66.9 cm³/mol. The van der Waals surface area contributed by atoms with Gasteiger partial charge < -0.3 is 19.8 Å². The Balaban J connectivity index is 2.28. The molecule has 0 saturated heterocycles. The van der Waals surface area contributed by atoms with Crippen LogP contribution in [0.3, 0.4) is 0 Å². The molecule has 0 aliphatic rings. The molecule has 2 rings (SSSR count). The summed E-state index contributed by atoms with van der Waals surface area (Å²) < 4.78 is 5.23. The number of aromatic carboxylic acids is 1. The van der Waals surface area contributed by atoms with Crippen molar-refractivity contribution in [2.24, 2.45) is 0 Å². The van der Waals surface area contributed by atoms with Crippen LogP contribution in [0.2, 0.25) is 0 Å². The van der Waals surface area contributed by atoms with Crippen molar-refractivity contribution in [1.29, 1.82) is 0 Å². The van der Waals surface area contributed by atoms with Gasteiger partial charge in [-0.2, -0.15) is 0 Å². The number of rotatable bonds is 3. The molecule has 0 bridgehead atoms. The maximum atomic E-state index is 11.9. The van der Waals surface area contributed by atoms with E-state index in [9.17, 15) is 9.59 Å². The van der Waals surface area contributed by atoms with Crippen LogP contribution in [-0.4, -0.2) is 22.0 Å². The van der Waals surface area contributed by atoms with Crippen molar-refractivity contribution < 1.29 is 19.1 Å². The summed E-state index contributed by atoms with van der Waals surface area (Å²) in [5, 5.41) is 11.5. The number of anilines is 1. The molecule has 0 atom stereocenters. The lowest BCUT2D eigenvalue weighted by molar-refractivity contribution is 0.0697. The van der Waals surface area contributed by atoms with E-state index in [0.29, 0.717) is 15.9 Å². The van der Waals surface area contributed by atoms with Crippen LogP contribution in [0.5, 0.6) is 0 Å². The number of H-pyrrole nitrogens is 1. The molecular formula is C11H9BrN2O4. The first kappa shape index (κ1) is 12.4. The van der Waals surface area contributed by atoms with E-state index in [1.165, 1.54) is 18.5 Å². The van der Waals surface area contributed by atoms with E-state index in [2.05, 4.69) is 26.2 Å². The van der Waals surface area contributed by atoms with Crippen LogP contribution in [0, 0.1) is 6.92 Å². The molecule has 7 heteroatoms. The van der Waals surface area contributed by atoms with Gasteiger partial charge in [0.25, 0.3) is 5.91 Å². The van der Waals surface area contributed by atoms with Crippen LogP contribution in [0.1, 0.15) is 26.4 Å².